The number of amides is 2. The second-order valence-electron chi connectivity index (χ2n) is 3.97. The van der Waals surface area contributed by atoms with Crippen LogP contribution in [-0.4, -0.2) is 29.6 Å². The Labute approximate surface area is 110 Å². The maximum atomic E-state index is 11.6. The molecule has 5 nitrogen and oxygen atoms in total. The van der Waals surface area contributed by atoms with Gasteiger partial charge in [0, 0.05) is 16.8 Å². The molecule has 0 heterocycles. The van der Waals surface area contributed by atoms with Gasteiger partial charge in [0.05, 0.1) is 6.61 Å². The largest absolute Gasteiger partial charge is 0.394 e. The minimum absolute atomic E-state index is 0.227. The Hall–Kier alpha value is -1.59. The highest BCUT2D eigenvalue weighted by atomic mass is 35.5. The molecule has 18 heavy (non-hydrogen) atoms. The van der Waals surface area contributed by atoms with Crippen LogP contribution in [0.25, 0.3) is 0 Å². The van der Waals surface area contributed by atoms with Gasteiger partial charge in [0.2, 0.25) is 0 Å². The number of hydrogen-bond acceptors (Lipinski definition) is 3. The van der Waals surface area contributed by atoms with Crippen molar-refractivity contribution in [2.24, 2.45) is 0 Å². The molecular weight excluding hydrogens is 256 g/mol. The van der Waals surface area contributed by atoms with E-state index in [1.165, 1.54) is 0 Å². The highest BCUT2D eigenvalue weighted by Gasteiger charge is 2.16. The van der Waals surface area contributed by atoms with E-state index in [-0.39, 0.29) is 6.61 Å². The summed E-state index contributed by atoms with van der Waals surface area (Å²) in [6.45, 7) is 3.16. The summed E-state index contributed by atoms with van der Waals surface area (Å²) in [4.78, 5) is 23.0. The van der Waals surface area contributed by atoms with Crippen LogP contribution in [0, 0.1) is 6.92 Å². The molecule has 1 aromatic rings. The third-order valence-corrected chi connectivity index (χ3v) is 2.54. The van der Waals surface area contributed by atoms with E-state index in [1.54, 1.807) is 32.0 Å². The molecule has 98 valence electrons. The van der Waals surface area contributed by atoms with Crippen LogP contribution >= 0.6 is 11.6 Å². The first-order valence-electron chi connectivity index (χ1n) is 5.43. The molecule has 2 amide bonds. The summed E-state index contributed by atoms with van der Waals surface area (Å²) in [5.74, 6) is -1.59. The number of benzene rings is 1. The average Bonchev–Trinajstić information content (AvgIpc) is 2.33. The Morgan fingerprint density at radius 1 is 1.39 bits per heavy atom. The maximum Gasteiger partial charge on any atom is 0.313 e. The molecule has 1 unspecified atom stereocenters. The molecule has 0 saturated carbocycles. The van der Waals surface area contributed by atoms with Crippen LogP contribution in [0.5, 0.6) is 0 Å². The van der Waals surface area contributed by atoms with Gasteiger partial charge in [-0.15, -0.1) is 0 Å². The Morgan fingerprint density at radius 2 is 2.06 bits per heavy atom. The number of halogens is 1. The molecule has 1 rings (SSSR count). The van der Waals surface area contributed by atoms with Gasteiger partial charge in [-0.2, -0.15) is 0 Å². The van der Waals surface area contributed by atoms with Crippen LogP contribution in [0.2, 0.25) is 5.02 Å². The van der Waals surface area contributed by atoms with Crippen LogP contribution in [-0.2, 0) is 9.59 Å². The normalized spacial score (nSPS) is 11.8. The minimum Gasteiger partial charge on any atom is -0.394 e. The number of aryl methyl sites for hydroxylation is 1. The zero-order valence-corrected chi connectivity index (χ0v) is 10.9. The van der Waals surface area contributed by atoms with Gasteiger partial charge in [0.1, 0.15) is 0 Å². The molecule has 0 aromatic heterocycles. The van der Waals surface area contributed by atoms with Crippen LogP contribution in [0.4, 0.5) is 5.69 Å². The van der Waals surface area contributed by atoms with Gasteiger partial charge < -0.3 is 15.7 Å². The van der Waals surface area contributed by atoms with E-state index in [0.717, 1.165) is 5.56 Å². The van der Waals surface area contributed by atoms with Crippen LogP contribution in [0.15, 0.2) is 18.2 Å². The topological polar surface area (TPSA) is 78.4 Å². The maximum absolute atomic E-state index is 11.6. The van der Waals surface area contributed by atoms with Crippen molar-refractivity contribution in [1.29, 1.82) is 0 Å². The van der Waals surface area contributed by atoms with E-state index >= 15 is 0 Å². The average molecular weight is 271 g/mol. The predicted octanol–water partition coefficient (Wildman–Crippen LogP) is 1.08. The molecule has 0 saturated heterocycles. The van der Waals surface area contributed by atoms with Gasteiger partial charge in [0.25, 0.3) is 0 Å². The summed E-state index contributed by atoms with van der Waals surface area (Å²) in [6, 6.07) is 4.54. The van der Waals surface area contributed by atoms with E-state index in [2.05, 4.69) is 10.6 Å². The first kappa shape index (κ1) is 14.5. The third-order valence-electron chi connectivity index (χ3n) is 2.31. The number of anilines is 1. The summed E-state index contributed by atoms with van der Waals surface area (Å²) >= 11 is 5.80. The monoisotopic (exact) mass is 270 g/mol. The van der Waals surface area contributed by atoms with Gasteiger partial charge in [-0.3, -0.25) is 9.59 Å². The van der Waals surface area contributed by atoms with E-state index in [1.807, 2.05) is 0 Å². The van der Waals surface area contributed by atoms with Gasteiger partial charge in [-0.25, -0.2) is 0 Å². The number of carbonyl (C=O) groups excluding carboxylic acids is 2. The zero-order valence-electron chi connectivity index (χ0n) is 10.2. The van der Waals surface area contributed by atoms with Crippen LogP contribution in [0.1, 0.15) is 12.5 Å². The molecule has 0 spiro atoms. The summed E-state index contributed by atoms with van der Waals surface area (Å²) in [5, 5.41) is 14.1. The number of hydrogen-bond donors (Lipinski definition) is 3. The molecule has 0 aliphatic heterocycles. The number of rotatable bonds is 3. The Bertz CT molecular complexity index is 463. The highest BCUT2D eigenvalue weighted by Crippen LogP contribution is 2.19. The molecule has 0 aliphatic rings. The first-order valence-corrected chi connectivity index (χ1v) is 5.80. The molecule has 0 aliphatic carbocycles. The number of aliphatic hydroxyl groups is 1. The lowest BCUT2D eigenvalue weighted by Gasteiger charge is -2.12. The summed E-state index contributed by atoms with van der Waals surface area (Å²) in [7, 11) is 0. The molecule has 1 atom stereocenters. The predicted molar refractivity (Wildman–Crippen MR) is 69.5 cm³/mol. The van der Waals surface area contributed by atoms with Gasteiger partial charge in [0.15, 0.2) is 0 Å². The highest BCUT2D eigenvalue weighted by molar-refractivity contribution is 6.40. The quantitative estimate of drug-likeness (QED) is 0.720. The summed E-state index contributed by atoms with van der Waals surface area (Å²) < 4.78 is 0. The fourth-order valence-corrected chi connectivity index (χ4v) is 1.42. The molecule has 1 aromatic carbocycles. The van der Waals surface area contributed by atoms with E-state index in [4.69, 9.17) is 16.7 Å². The first-order chi connectivity index (χ1) is 8.43. The second-order valence-corrected chi connectivity index (χ2v) is 4.41. The molecule has 0 radical (unpaired) electrons. The lowest BCUT2D eigenvalue weighted by atomic mass is 10.2. The van der Waals surface area contributed by atoms with Crippen molar-refractivity contribution in [2.75, 3.05) is 11.9 Å². The van der Waals surface area contributed by atoms with E-state index in [0.29, 0.717) is 10.7 Å². The fraction of sp³-hybridized carbons (Fsp3) is 0.333. The summed E-state index contributed by atoms with van der Waals surface area (Å²) in [6.07, 6.45) is 0. The Morgan fingerprint density at radius 3 is 2.67 bits per heavy atom. The van der Waals surface area contributed by atoms with Crippen molar-refractivity contribution < 1.29 is 14.7 Å². The van der Waals surface area contributed by atoms with Crippen molar-refractivity contribution in [3.05, 3.63) is 28.8 Å². The molecule has 3 N–H and O–H groups in total. The van der Waals surface area contributed by atoms with Crippen molar-refractivity contribution >= 4 is 29.1 Å². The minimum atomic E-state index is -0.795. The van der Waals surface area contributed by atoms with Gasteiger partial charge in [-0.05, 0) is 31.5 Å². The van der Waals surface area contributed by atoms with Crippen LogP contribution in [0.3, 0.4) is 0 Å². The molecule has 0 fully saturated rings. The smallest absolute Gasteiger partial charge is 0.313 e. The second kappa shape index (κ2) is 6.37. The van der Waals surface area contributed by atoms with Gasteiger partial charge in [-0.1, -0.05) is 17.7 Å². The summed E-state index contributed by atoms with van der Waals surface area (Å²) in [5.41, 5.74) is 1.29. The zero-order chi connectivity index (χ0) is 13.7. The third kappa shape index (κ3) is 4.01. The molecule has 0 bridgehead atoms. The Balaban J connectivity index is 2.69. The lowest BCUT2D eigenvalue weighted by Crippen LogP contribution is -2.42. The van der Waals surface area contributed by atoms with Crippen molar-refractivity contribution in [3.8, 4) is 0 Å². The molecule has 6 heteroatoms. The van der Waals surface area contributed by atoms with Crippen molar-refractivity contribution in [2.45, 2.75) is 19.9 Å². The number of carbonyl (C=O) groups is 2. The SMILES string of the molecule is Cc1ccc(Cl)cc1NC(=O)C(=O)NC(C)CO. The standard InChI is InChI=1S/C12H15ClN2O3/c1-7-3-4-9(13)5-10(7)15-12(18)11(17)14-8(2)6-16/h3-5,8,16H,6H2,1-2H3,(H,14,17)(H,15,18). The fourth-order valence-electron chi connectivity index (χ4n) is 1.24. The van der Waals surface area contributed by atoms with Gasteiger partial charge >= 0.3 is 11.8 Å². The number of aliphatic hydroxyl groups excluding tert-OH is 1. The lowest BCUT2D eigenvalue weighted by molar-refractivity contribution is -0.136. The van der Waals surface area contributed by atoms with E-state index in [9.17, 15) is 9.59 Å². The van der Waals surface area contributed by atoms with E-state index < -0.39 is 17.9 Å². The van der Waals surface area contributed by atoms with Crippen molar-refractivity contribution in [3.63, 3.8) is 0 Å². The molecular formula is C12H15ClN2O3. The van der Waals surface area contributed by atoms with Crippen molar-refractivity contribution in [1.82, 2.24) is 5.32 Å². The Kier molecular flexibility index (Phi) is 5.12. The number of nitrogens with one attached hydrogen (secondary N) is 2. The van der Waals surface area contributed by atoms with Crippen LogP contribution < -0.4 is 10.6 Å².